The maximum atomic E-state index is 12.3. The quantitative estimate of drug-likeness (QED) is 0.784. The molecule has 0 saturated heterocycles. The molecule has 5 nitrogen and oxygen atoms in total. The smallest absolute Gasteiger partial charge is 0.338 e. The van der Waals surface area contributed by atoms with Gasteiger partial charge in [-0.1, -0.05) is 25.4 Å². The second kappa shape index (κ2) is 7.68. The predicted octanol–water partition coefficient (Wildman–Crippen LogP) is 3.95. The van der Waals surface area contributed by atoms with Crippen molar-refractivity contribution in [3.8, 4) is 0 Å². The van der Waals surface area contributed by atoms with Crippen LogP contribution in [0, 0.1) is 5.92 Å². The first-order valence-corrected chi connectivity index (χ1v) is 9.19. The van der Waals surface area contributed by atoms with Crippen LogP contribution in [0.2, 0.25) is 5.02 Å². The molecule has 0 saturated carbocycles. The average molecular weight is 368 g/mol. The van der Waals surface area contributed by atoms with E-state index in [9.17, 15) is 13.2 Å². The van der Waals surface area contributed by atoms with Crippen LogP contribution in [0.5, 0.6) is 0 Å². The number of ether oxygens (including phenoxy) is 1. The molecule has 24 heavy (non-hydrogen) atoms. The standard InChI is InChI=1S/C17H18ClNO4S/c1-12(2)11-23-17(20)13-3-7-15(8-4-13)19-24(21,22)16-9-5-14(18)6-10-16/h3-10,12,19H,11H2,1-2H3. The molecule has 1 N–H and O–H groups in total. The summed E-state index contributed by atoms with van der Waals surface area (Å²) in [6, 6.07) is 11.9. The summed E-state index contributed by atoms with van der Waals surface area (Å²) < 4.78 is 32.1. The molecule has 0 aliphatic carbocycles. The van der Waals surface area contributed by atoms with Crippen molar-refractivity contribution in [2.75, 3.05) is 11.3 Å². The molecule has 0 atom stereocenters. The van der Waals surface area contributed by atoms with Crippen molar-refractivity contribution in [1.29, 1.82) is 0 Å². The summed E-state index contributed by atoms with van der Waals surface area (Å²) in [5.41, 5.74) is 0.718. The average Bonchev–Trinajstić information content (AvgIpc) is 2.53. The Labute approximate surface area is 146 Å². The molecule has 2 aromatic rings. The summed E-state index contributed by atoms with van der Waals surface area (Å²) in [6.45, 7) is 4.23. The molecular formula is C17H18ClNO4S. The van der Waals surface area contributed by atoms with Crippen LogP contribution in [0.1, 0.15) is 24.2 Å². The Morgan fingerprint density at radius 3 is 2.21 bits per heavy atom. The maximum Gasteiger partial charge on any atom is 0.338 e. The molecule has 0 aromatic heterocycles. The number of nitrogens with one attached hydrogen (secondary N) is 1. The third-order valence-corrected chi connectivity index (χ3v) is 4.69. The fourth-order valence-corrected chi connectivity index (χ4v) is 3.01. The van der Waals surface area contributed by atoms with E-state index in [4.69, 9.17) is 16.3 Å². The highest BCUT2D eigenvalue weighted by Gasteiger charge is 2.14. The molecule has 0 radical (unpaired) electrons. The van der Waals surface area contributed by atoms with Gasteiger partial charge in [-0.2, -0.15) is 0 Å². The first-order valence-electron chi connectivity index (χ1n) is 7.33. The number of hydrogen-bond donors (Lipinski definition) is 1. The van der Waals surface area contributed by atoms with Crippen molar-refractivity contribution in [2.24, 2.45) is 5.92 Å². The number of esters is 1. The molecule has 128 valence electrons. The van der Waals surface area contributed by atoms with Gasteiger partial charge in [0.25, 0.3) is 10.0 Å². The molecule has 0 aliphatic rings. The molecule has 2 rings (SSSR count). The molecule has 0 fully saturated rings. The number of halogens is 1. The van der Waals surface area contributed by atoms with Gasteiger partial charge in [0.2, 0.25) is 0 Å². The first-order chi connectivity index (χ1) is 11.3. The Hall–Kier alpha value is -2.05. The van der Waals surface area contributed by atoms with Crippen LogP contribution >= 0.6 is 11.6 Å². The van der Waals surface area contributed by atoms with Gasteiger partial charge < -0.3 is 4.74 Å². The van der Waals surface area contributed by atoms with Crippen LogP contribution in [0.3, 0.4) is 0 Å². The molecule has 0 bridgehead atoms. The van der Waals surface area contributed by atoms with Crippen molar-refractivity contribution in [2.45, 2.75) is 18.7 Å². The summed E-state index contributed by atoms with van der Waals surface area (Å²) in [6.07, 6.45) is 0. The van der Waals surface area contributed by atoms with Gasteiger partial charge in [0, 0.05) is 10.7 Å². The third kappa shape index (κ3) is 4.97. The fraction of sp³-hybridized carbons (Fsp3) is 0.235. The number of carbonyl (C=O) groups excluding carboxylic acids is 1. The van der Waals surface area contributed by atoms with Gasteiger partial charge in [0.1, 0.15) is 0 Å². The van der Waals surface area contributed by atoms with Crippen LogP contribution in [0.15, 0.2) is 53.4 Å². The first kappa shape index (κ1) is 18.3. The van der Waals surface area contributed by atoms with Gasteiger partial charge in [-0.05, 0) is 54.4 Å². The lowest BCUT2D eigenvalue weighted by molar-refractivity contribution is 0.0459. The second-order valence-electron chi connectivity index (χ2n) is 5.63. The Kier molecular flexibility index (Phi) is 5.85. The van der Waals surface area contributed by atoms with Gasteiger partial charge in [-0.3, -0.25) is 4.72 Å². The molecule has 0 amide bonds. The number of carbonyl (C=O) groups is 1. The molecule has 0 spiro atoms. The third-order valence-electron chi connectivity index (χ3n) is 3.04. The largest absolute Gasteiger partial charge is 0.462 e. The van der Waals surface area contributed by atoms with Crippen LogP contribution in [-0.4, -0.2) is 21.0 Å². The minimum absolute atomic E-state index is 0.104. The highest BCUT2D eigenvalue weighted by molar-refractivity contribution is 7.92. The van der Waals surface area contributed by atoms with E-state index >= 15 is 0 Å². The van der Waals surface area contributed by atoms with Crippen molar-refractivity contribution in [3.63, 3.8) is 0 Å². The van der Waals surface area contributed by atoms with E-state index < -0.39 is 16.0 Å². The van der Waals surface area contributed by atoms with Crippen molar-refractivity contribution in [1.82, 2.24) is 0 Å². The lowest BCUT2D eigenvalue weighted by Gasteiger charge is -2.10. The van der Waals surface area contributed by atoms with Gasteiger partial charge in [0.15, 0.2) is 0 Å². The van der Waals surface area contributed by atoms with Crippen LogP contribution in [-0.2, 0) is 14.8 Å². The molecule has 7 heteroatoms. The van der Waals surface area contributed by atoms with E-state index in [2.05, 4.69) is 4.72 Å². The van der Waals surface area contributed by atoms with Gasteiger partial charge in [-0.15, -0.1) is 0 Å². The molecule has 0 heterocycles. The molecular weight excluding hydrogens is 350 g/mol. The van der Waals surface area contributed by atoms with Crippen molar-refractivity contribution in [3.05, 3.63) is 59.1 Å². The Bertz CT molecular complexity index is 799. The normalized spacial score (nSPS) is 11.3. The fourth-order valence-electron chi connectivity index (χ4n) is 1.83. The number of hydrogen-bond acceptors (Lipinski definition) is 4. The van der Waals surface area contributed by atoms with Crippen LogP contribution < -0.4 is 4.72 Å². The van der Waals surface area contributed by atoms with Gasteiger partial charge >= 0.3 is 5.97 Å². The Morgan fingerprint density at radius 1 is 1.08 bits per heavy atom. The Morgan fingerprint density at radius 2 is 1.67 bits per heavy atom. The van der Waals surface area contributed by atoms with Gasteiger partial charge in [-0.25, -0.2) is 13.2 Å². The van der Waals surface area contributed by atoms with Crippen molar-refractivity contribution < 1.29 is 17.9 Å². The van der Waals surface area contributed by atoms with E-state index in [0.717, 1.165) is 0 Å². The van der Waals surface area contributed by atoms with Crippen LogP contribution in [0.25, 0.3) is 0 Å². The monoisotopic (exact) mass is 367 g/mol. The topological polar surface area (TPSA) is 72.5 Å². The number of benzene rings is 2. The summed E-state index contributed by atoms with van der Waals surface area (Å²) in [5, 5.41) is 0.457. The Balaban J connectivity index is 2.08. The maximum absolute atomic E-state index is 12.3. The van der Waals surface area contributed by atoms with E-state index in [1.54, 1.807) is 0 Å². The second-order valence-corrected chi connectivity index (χ2v) is 7.75. The van der Waals surface area contributed by atoms with E-state index in [-0.39, 0.29) is 10.8 Å². The van der Waals surface area contributed by atoms with Crippen LogP contribution in [0.4, 0.5) is 5.69 Å². The number of sulfonamides is 1. The molecule has 2 aromatic carbocycles. The molecule has 0 aliphatic heterocycles. The zero-order valence-corrected chi connectivity index (χ0v) is 14.9. The lowest BCUT2D eigenvalue weighted by Crippen LogP contribution is -2.13. The highest BCUT2D eigenvalue weighted by Crippen LogP contribution is 2.19. The SMILES string of the molecule is CC(C)COC(=O)c1ccc(NS(=O)(=O)c2ccc(Cl)cc2)cc1. The summed E-state index contributed by atoms with van der Waals surface area (Å²) in [7, 11) is -3.71. The summed E-state index contributed by atoms with van der Waals surface area (Å²) in [4.78, 5) is 11.9. The highest BCUT2D eigenvalue weighted by atomic mass is 35.5. The summed E-state index contributed by atoms with van der Waals surface area (Å²) >= 11 is 5.76. The van der Waals surface area contributed by atoms with Crippen molar-refractivity contribution >= 4 is 33.3 Å². The zero-order chi connectivity index (χ0) is 17.7. The minimum Gasteiger partial charge on any atom is -0.462 e. The zero-order valence-electron chi connectivity index (χ0n) is 13.3. The van der Waals surface area contributed by atoms with Gasteiger partial charge in [0.05, 0.1) is 17.1 Å². The minimum atomic E-state index is -3.71. The number of rotatable bonds is 6. The van der Waals surface area contributed by atoms with E-state index in [0.29, 0.717) is 22.9 Å². The lowest BCUT2D eigenvalue weighted by atomic mass is 10.2. The number of anilines is 1. The van der Waals surface area contributed by atoms with E-state index in [1.807, 2.05) is 13.8 Å². The summed E-state index contributed by atoms with van der Waals surface area (Å²) in [5.74, 6) is -0.185. The van der Waals surface area contributed by atoms with E-state index in [1.165, 1.54) is 48.5 Å². The molecule has 0 unspecified atom stereocenters. The predicted molar refractivity (Wildman–Crippen MR) is 93.8 cm³/mol.